The van der Waals surface area contributed by atoms with E-state index in [1.807, 2.05) is 0 Å². The topological polar surface area (TPSA) is 95.9 Å². The third-order valence-electron chi connectivity index (χ3n) is 15.8. The van der Waals surface area contributed by atoms with Crippen LogP contribution < -0.4 is 5.32 Å². The third-order valence-corrected chi connectivity index (χ3v) is 15.8. The fourth-order valence-corrected chi connectivity index (χ4v) is 10.7. The van der Waals surface area contributed by atoms with E-state index in [9.17, 15) is 19.8 Å². The Bertz CT molecular complexity index is 1100. The van der Waals surface area contributed by atoms with Gasteiger partial charge in [0.05, 0.1) is 25.4 Å². The number of ether oxygens (including phenoxy) is 1. The van der Waals surface area contributed by atoms with Crippen LogP contribution in [-0.4, -0.2) is 47.4 Å². The van der Waals surface area contributed by atoms with Crippen molar-refractivity contribution in [1.29, 1.82) is 0 Å². The highest BCUT2D eigenvalue weighted by Crippen LogP contribution is 2.19. The summed E-state index contributed by atoms with van der Waals surface area (Å²) in [4.78, 5) is 24.6. The number of nitrogens with one attached hydrogen (secondary N) is 1. The summed E-state index contributed by atoms with van der Waals surface area (Å²) in [5.41, 5.74) is 0. The minimum atomic E-state index is -0.669. The number of aliphatic hydroxyl groups excluding tert-OH is 2. The van der Waals surface area contributed by atoms with E-state index >= 15 is 0 Å². The lowest BCUT2D eigenvalue weighted by Crippen LogP contribution is -2.45. The lowest BCUT2D eigenvalue weighted by Gasteiger charge is -2.22. The van der Waals surface area contributed by atoms with Gasteiger partial charge >= 0.3 is 5.97 Å². The van der Waals surface area contributed by atoms with Crippen LogP contribution in [-0.2, 0) is 14.3 Å². The van der Waals surface area contributed by atoms with Crippen molar-refractivity contribution in [2.45, 2.75) is 392 Å². The Balaban J connectivity index is 3.40. The molecule has 0 spiro atoms. The van der Waals surface area contributed by atoms with E-state index in [-0.39, 0.29) is 18.5 Å². The van der Waals surface area contributed by atoms with Crippen LogP contribution in [0.4, 0.5) is 0 Å². The summed E-state index contributed by atoms with van der Waals surface area (Å²) >= 11 is 0. The Morgan fingerprint density at radius 2 is 0.644 bits per heavy atom. The molecule has 0 rings (SSSR count). The number of amides is 1. The maximum absolute atomic E-state index is 12.5. The molecule has 0 radical (unpaired) electrons. The molecule has 0 saturated carbocycles. The molecule has 0 bridgehead atoms. The molecule has 6 nitrogen and oxygen atoms in total. The standard InChI is InChI=1S/C67H131NO5/c1-3-5-7-9-11-13-15-17-19-21-28-31-35-39-43-47-51-55-59-65(70)64(63-69)68-66(71)60-56-52-48-44-40-36-32-29-25-23-22-24-26-30-34-38-42-46-50-54-58-62-73-67(72)61-57-53-49-45-41-37-33-27-20-18-16-14-12-10-8-6-4-2/h23,25,64-65,69-70H,3-22,24,26-63H2,1-2H3,(H,68,71)/b25-23-. The second kappa shape index (κ2) is 63.1. The van der Waals surface area contributed by atoms with Gasteiger partial charge in [-0.15, -0.1) is 0 Å². The minimum absolute atomic E-state index is 0.0132. The summed E-state index contributed by atoms with van der Waals surface area (Å²) in [5, 5.41) is 23.4. The SMILES string of the molecule is CCCCCCCCCCCCCCCCCCCCC(O)C(CO)NC(=O)CCCCCCCCC/C=C\CCCCCCCCCCCCOC(=O)CCCCCCCCCCCCCCCCCCC. The Labute approximate surface area is 457 Å². The first-order valence-corrected chi connectivity index (χ1v) is 33.4. The van der Waals surface area contributed by atoms with Crippen LogP contribution in [0.25, 0.3) is 0 Å². The van der Waals surface area contributed by atoms with Gasteiger partial charge in [0.2, 0.25) is 5.91 Å². The molecule has 434 valence electrons. The maximum atomic E-state index is 12.5. The molecule has 0 aliphatic heterocycles. The summed E-state index contributed by atoms with van der Waals surface area (Å²) in [5.74, 6) is -0.0257. The number of esters is 1. The zero-order chi connectivity index (χ0) is 52.9. The summed E-state index contributed by atoms with van der Waals surface area (Å²) in [7, 11) is 0. The number of aliphatic hydroxyl groups is 2. The van der Waals surface area contributed by atoms with Gasteiger partial charge in [-0.3, -0.25) is 9.59 Å². The fourth-order valence-electron chi connectivity index (χ4n) is 10.7. The molecular weight excluding hydrogens is 899 g/mol. The molecule has 0 aromatic rings. The highest BCUT2D eigenvalue weighted by atomic mass is 16.5. The Morgan fingerprint density at radius 1 is 0.370 bits per heavy atom. The summed E-state index contributed by atoms with van der Waals surface area (Å²) in [6, 6.07) is -0.547. The van der Waals surface area contributed by atoms with Crippen LogP contribution in [0.15, 0.2) is 12.2 Å². The van der Waals surface area contributed by atoms with Gasteiger partial charge in [-0.1, -0.05) is 328 Å². The molecule has 3 N–H and O–H groups in total. The lowest BCUT2D eigenvalue weighted by atomic mass is 10.0. The molecule has 73 heavy (non-hydrogen) atoms. The predicted molar refractivity (Wildman–Crippen MR) is 320 cm³/mol. The van der Waals surface area contributed by atoms with Crippen molar-refractivity contribution < 1.29 is 24.5 Å². The van der Waals surface area contributed by atoms with Crippen LogP contribution in [0, 0.1) is 0 Å². The summed E-state index contributed by atoms with van der Waals surface area (Å²) in [6.45, 7) is 4.99. The first-order chi connectivity index (χ1) is 36.0. The van der Waals surface area contributed by atoms with E-state index < -0.39 is 12.1 Å². The predicted octanol–water partition coefficient (Wildman–Crippen LogP) is 21.2. The molecule has 0 aromatic carbocycles. The van der Waals surface area contributed by atoms with E-state index in [0.717, 1.165) is 38.5 Å². The molecule has 0 saturated heterocycles. The van der Waals surface area contributed by atoms with Crippen LogP contribution >= 0.6 is 0 Å². The van der Waals surface area contributed by atoms with Gasteiger partial charge in [0.25, 0.3) is 0 Å². The average Bonchev–Trinajstić information content (AvgIpc) is 3.39. The van der Waals surface area contributed by atoms with Crippen molar-refractivity contribution in [2.75, 3.05) is 13.2 Å². The second-order valence-electron chi connectivity index (χ2n) is 23.2. The Hall–Kier alpha value is -1.40. The van der Waals surface area contributed by atoms with Crippen molar-refractivity contribution in [1.82, 2.24) is 5.32 Å². The largest absolute Gasteiger partial charge is 0.466 e. The quantitative estimate of drug-likeness (QED) is 0.0320. The van der Waals surface area contributed by atoms with Gasteiger partial charge in [-0.05, 0) is 51.4 Å². The molecular formula is C67H131NO5. The van der Waals surface area contributed by atoms with E-state index in [2.05, 4.69) is 31.3 Å². The van der Waals surface area contributed by atoms with Gasteiger partial charge in [-0.2, -0.15) is 0 Å². The normalized spacial score (nSPS) is 12.5. The van der Waals surface area contributed by atoms with Crippen LogP contribution in [0.5, 0.6) is 0 Å². The van der Waals surface area contributed by atoms with Gasteiger partial charge < -0.3 is 20.3 Å². The molecule has 0 aliphatic rings. The Kier molecular flexibility index (Phi) is 61.9. The second-order valence-corrected chi connectivity index (χ2v) is 23.2. The van der Waals surface area contributed by atoms with Gasteiger partial charge in [0.1, 0.15) is 0 Å². The Morgan fingerprint density at radius 3 is 0.973 bits per heavy atom. The highest BCUT2D eigenvalue weighted by molar-refractivity contribution is 5.76. The number of carbonyl (C=O) groups is 2. The van der Waals surface area contributed by atoms with Gasteiger partial charge in [0, 0.05) is 12.8 Å². The number of allylic oxidation sites excluding steroid dienone is 2. The first kappa shape index (κ1) is 71.6. The molecule has 0 aliphatic carbocycles. The summed E-state index contributed by atoms with van der Waals surface area (Å²) < 4.78 is 5.50. The average molecular weight is 1030 g/mol. The number of hydrogen-bond donors (Lipinski definition) is 3. The van der Waals surface area contributed by atoms with E-state index in [1.165, 1.54) is 308 Å². The monoisotopic (exact) mass is 1030 g/mol. The van der Waals surface area contributed by atoms with Crippen LogP contribution in [0.1, 0.15) is 380 Å². The highest BCUT2D eigenvalue weighted by Gasteiger charge is 2.20. The molecule has 0 aromatic heterocycles. The number of hydrogen-bond acceptors (Lipinski definition) is 5. The van der Waals surface area contributed by atoms with Crippen LogP contribution in [0.3, 0.4) is 0 Å². The van der Waals surface area contributed by atoms with Crippen molar-refractivity contribution in [3.8, 4) is 0 Å². The van der Waals surface area contributed by atoms with Gasteiger partial charge in [-0.25, -0.2) is 0 Å². The van der Waals surface area contributed by atoms with Crippen molar-refractivity contribution in [3.05, 3.63) is 12.2 Å². The van der Waals surface area contributed by atoms with Crippen molar-refractivity contribution in [2.24, 2.45) is 0 Å². The fraction of sp³-hybridized carbons (Fsp3) is 0.940. The van der Waals surface area contributed by atoms with E-state index in [0.29, 0.717) is 25.9 Å². The zero-order valence-corrected chi connectivity index (χ0v) is 49.6. The lowest BCUT2D eigenvalue weighted by molar-refractivity contribution is -0.143. The van der Waals surface area contributed by atoms with E-state index in [4.69, 9.17) is 4.74 Å². The molecule has 2 atom stereocenters. The number of carbonyl (C=O) groups excluding carboxylic acids is 2. The number of rotatable bonds is 63. The molecule has 0 heterocycles. The van der Waals surface area contributed by atoms with E-state index in [1.54, 1.807) is 0 Å². The van der Waals surface area contributed by atoms with Crippen LogP contribution in [0.2, 0.25) is 0 Å². The zero-order valence-electron chi connectivity index (χ0n) is 49.6. The first-order valence-electron chi connectivity index (χ1n) is 33.4. The smallest absolute Gasteiger partial charge is 0.305 e. The third kappa shape index (κ3) is 59.7. The summed E-state index contributed by atoms with van der Waals surface area (Å²) in [6.07, 6.45) is 76.6. The van der Waals surface area contributed by atoms with Crippen molar-refractivity contribution >= 4 is 11.9 Å². The molecule has 1 amide bonds. The molecule has 2 unspecified atom stereocenters. The minimum Gasteiger partial charge on any atom is -0.466 e. The van der Waals surface area contributed by atoms with Crippen molar-refractivity contribution in [3.63, 3.8) is 0 Å². The number of unbranched alkanes of at least 4 members (excludes halogenated alkanes) is 50. The van der Waals surface area contributed by atoms with Gasteiger partial charge in [0.15, 0.2) is 0 Å². The molecule has 6 heteroatoms. The maximum Gasteiger partial charge on any atom is 0.305 e. The molecule has 0 fully saturated rings.